The topological polar surface area (TPSA) is 70.6 Å². The predicted octanol–water partition coefficient (Wildman–Crippen LogP) is 1.96. The lowest BCUT2D eigenvalue weighted by molar-refractivity contribution is 0.244. The average Bonchev–Trinajstić information content (AvgIpc) is 2.30. The van der Waals surface area contributed by atoms with Gasteiger partial charge in [0.2, 0.25) is 0 Å². The Hall–Kier alpha value is -1.55. The SMILES string of the molecule is CCC(C)(CCO)N=C(N)Nc1ccccc1. The molecule has 0 aliphatic rings. The molecule has 0 amide bonds. The molecule has 0 spiro atoms. The van der Waals surface area contributed by atoms with Crippen molar-refractivity contribution in [3.05, 3.63) is 30.3 Å². The molecule has 0 radical (unpaired) electrons. The number of nitrogens with two attached hydrogens (primary N) is 1. The number of guanidine groups is 1. The molecule has 0 heterocycles. The third-order valence-corrected chi connectivity index (χ3v) is 2.85. The van der Waals surface area contributed by atoms with Gasteiger partial charge in [-0.05, 0) is 31.9 Å². The number of hydrogen-bond acceptors (Lipinski definition) is 2. The van der Waals surface area contributed by atoms with Crippen LogP contribution in [0.4, 0.5) is 5.69 Å². The molecule has 0 aliphatic carbocycles. The Kier molecular flexibility index (Phi) is 4.97. The number of aliphatic hydroxyl groups is 1. The van der Waals surface area contributed by atoms with E-state index in [2.05, 4.69) is 10.3 Å². The van der Waals surface area contributed by atoms with Crippen LogP contribution in [0.1, 0.15) is 26.7 Å². The molecule has 17 heavy (non-hydrogen) atoms. The normalized spacial score (nSPS) is 15.4. The van der Waals surface area contributed by atoms with Crippen LogP contribution in [-0.2, 0) is 0 Å². The minimum absolute atomic E-state index is 0.118. The number of anilines is 1. The highest BCUT2D eigenvalue weighted by Gasteiger charge is 2.20. The first-order valence-electron chi connectivity index (χ1n) is 5.88. The average molecular weight is 235 g/mol. The third-order valence-electron chi connectivity index (χ3n) is 2.85. The van der Waals surface area contributed by atoms with Gasteiger partial charge in [0.15, 0.2) is 5.96 Å². The Balaban J connectivity index is 2.71. The second-order valence-corrected chi connectivity index (χ2v) is 4.31. The van der Waals surface area contributed by atoms with Crippen molar-refractivity contribution in [2.45, 2.75) is 32.2 Å². The van der Waals surface area contributed by atoms with Gasteiger partial charge in [0.05, 0.1) is 5.54 Å². The number of nitrogens with one attached hydrogen (secondary N) is 1. The lowest BCUT2D eigenvalue weighted by Gasteiger charge is -2.23. The molecule has 0 aromatic heterocycles. The molecular formula is C13H21N3O. The van der Waals surface area contributed by atoms with Crippen molar-refractivity contribution in [1.29, 1.82) is 0 Å². The summed E-state index contributed by atoms with van der Waals surface area (Å²) in [6, 6.07) is 9.67. The number of rotatable bonds is 5. The van der Waals surface area contributed by atoms with E-state index in [1.165, 1.54) is 0 Å². The summed E-state index contributed by atoms with van der Waals surface area (Å²) < 4.78 is 0. The lowest BCUT2D eigenvalue weighted by Crippen LogP contribution is -2.31. The number of para-hydroxylation sites is 1. The van der Waals surface area contributed by atoms with Gasteiger partial charge in [-0.2, -0.15) is 0 Å². The van der Waals surface area contributed by atoms with E-state index in [9.17, 15) is 0 Å². The molecule has 4 heteroatoms. The van der Waals surface area contributed by atoms with Gasteiger partial charge in [-0.3, -0.25) is 0 Å². The van der Waals surface area contributed by atoms with Crippen LogP contribution in [0.25, 0.3) is 0 Å². The number of hydrogen-bond donors (Lipinski definition) is 3. The highest BCUT2D eigenvalue weighted by molar-refractivity contribution is 5.92. The summed E-state index contributed by atoms with van der Waals surface area (Å²) in [7, 11) is 0. The van der Waals surface area contributed by atoms with E-state index >= 15 is 0 Å². The van der Waals surface area contributed by atoms with Crippen LogP contribution in [0.2, 0.25) is 0 Å². The molecule has 0 saturated heterocycles. The number of aliphatic imine (C=N–C) groups is 1. The van der Waals surface area contributed by atoms with Gasteiger partial charge in [0.25, 0.3) is 0 Å². The van der Waals surface area contributed by atoms with Crippen LogP contribution in [0.15, 0.2) is 35.3 Å². The molecule has 1 aromatic carbocycles. The molecule has 4 nitrogen and oxygen atoms in total. The summed E-state index contributed by atoms with van der Waals surface area (Å²) in [5.74, 6) is 0.383. The fourth-order valence-corrected chi connectivity index (χ4v) is 1.54. The molecule has 1 rings (SSSR count). The summed E-state index contributed by atoms with van der Waals surface area (Å²) in [4.78, 5) is 4.44. The molecule has 94 valence electrons. The smallest absolute Gasteiger partial charge is 0.193 e. The minimum Gasteiger partial charge on any atom is -0.396 e. The number of nitrogens with zero attached hydrogens (tertiary/aromatic N) is 1. The third kappa shape index (κ3) is 4.44. The van der Waals surface area contributed by atoms with E-state index in [4.69, 9.17) is 10.8 Å². The van der Waals surface area contributed by atoms with Gasteiger partial charge >= 0.3 is 0 Å². The summed E-state index contributed by atoms with van der Waals surface area (Å²) >= 11 is 0. The van der Waals surface area contributed by atoms with E-state index < -0.39 is 0 Å². The standard InChI is InChI=1S/C13H21N3O/c1-3-13(2,9-10-17)16-12(14)15-11-7-5-4-6-8-11/h4-8,17H,3,9-10H2,1-2H3,(H3,14,15,16). The monoisotopic (exact) mass is 235 g/mol. The van der Waals surface area contributed by atoms with Gasteiger partial charge in [0, 0.05) is 12.3 Å². The van der Waals surface area contributed by atoms with Crippen molar-refractivity contribution >= 4 is 11.6 Å². The van der Waals surface area contributed by atoms with Crippen LogP contribution in [0.5, 0.6) is 0 Å². The summed E-state index contributed by atoms with van der Waals surface area (Å²) in [6.07, 6.45) is 1.45. The van der Waals surface area contributed by atoms with Gasteiger partial charge in [-0.25, -0.2) is 4.99 Å². The molecule has 1 unspecified atom stereocenters. The van der Waals surface area contributed by atoms with Crippen molar-refractivity contribution in [3.8, 4) is 0 Å². The molecule has 1 atom stereocenters. The minimum atomic E-state index is -0.305. The maximum absolute atomic E-state index is 9.01. The Morgan fingerprint density at radius 3 is 2.59 bits per heavy atom. The molecule has 0 bridgehead atoms. The molecule has 0 aliphatic heterocycles. The van der Waals surface area contributed by atoms with Crippen molar-refractivity contribution in [2.75, 3.05) is 11.9 Å². The van der Waals surface area contributed by atoms with Crippen LogP contribution < -0.4 is 11.1 Å². The van der Waals surface area contributed by atoms with Crippen molar-refractivity contribution < 1.29 is 5.11 Å². The summed E-state index contributed by atoms with van der Waals surface area (Å²) in [5.41, 5.74) is 6.46. The van der Waals surface area contributed by atoms with Crippen molar-refractivity contribution in [1.82, 2.24) is 0 Å². The Morgan fingerprint density at radius 1 is 1.41 bits per heavy atom. The second kappa shape index (κ2) is 6.25. The highest BCUT2D eigenvalue weighted by Crippen LogP contribution is 2.19. The first-order valence-corrected chi connectivity index (χ1v) is 5.88. The van der Waals surface area contributed by atoms with Crippen LogP contribution in [0.3, 0.4) is 0 Å². The molecule has 0 fully saturated rings. The lowest BCUT2D eigenvalue weighted by atomic mass is 9.96. The molecular weight excluding hydrogens is 214 g/mol. The van der Waals surface area contributed by atoms with Crippen LogP contribution >= 0.6 is 0 Å². The zero-order chi connectivity index (χ0) is 12.7. The Morgan fingerprint density at radius 2 is 2.06 bits per heavy atom. The fraction of sp³-hybridized carbons (Fsp3) is 0.462. The first kappa shape index (κ1) is 13.5. The van der Waals surface area contributed by atoms with E-state index in [0.29, 0.717) is 12.4 Å². The Bertz CT molecular complexity index is 364. The first-order chi connectivity index (χ1) is 8.09. The van der Waals surface area contributed by atoms with Gasteiger partial charge in [-0.1, -0.05) is 25.1 Å². The van der Waals surface area contributed by atoms with Crippen LogP contribution in [-0.4, -0.2) is 23.2 Å². The van der Waals surface area contributed by atoms with E-state index in [0.717, 1.165) is 12.1 Å². The second-order valence-electron chi connectivity index (χ2n) is 4.31. The van der Waals surface area contributed by atoms with Gasteiger partial charge in [0.1, 0.15) is 0 Å². The molecule has 0 saturated carbocycles. The predicted molar refractivity (Wildman–Crippen MR) is 72.1 cm³/mol. The largest absolute Gasteiger partial charge is 0.396 e. The van der Waals surface area contributed by atoms with E-state index in [-0.39, 0.29) is 12.1 Å². The quantitative estimate of drug-likeness (QED) is 0.539. The highest BCUT2D eigenvalue weighted by atomic mass is 16.3. The number of aliphatic hydroxyl groups excluding tert-OH is 1. The number of benzene rings is 1. The van der Waals surface area contributed by atoms with Crippen molar-refractivity contribution in [2.24, 2.45) is 10.7 Å². The molecule has 1 aromatic rings. The Labute approximate surface area is 103 Å². The van der Waals surface area contributed by atoms with E-state index in [1.54, 1.807) is 0 Å². The fourth-order valence-electron chi connectivity index (χ4n) is 1.54. The zero-order valence-electron chi connectivity index (χ0n) is 10.5. The van der Waals surface area contributed by atoms with E-state index in [1.807, 2.05) is 44.2 Å². The van der Waals surface area contributed by atoms with Gasteiger partial charge < -0.3 is 16.2 Å². The maximum Gasteiger partial charge on any atom is 0.193 e. The van der Waals surface area contributed by atoms with Crippen LogP contribution in [0, 0.1) is 0 Å². The maximum atomic E-state index is 9.01. The summed E-state index contributed by atoms with van der Waals surface area (Å²) in [5, 5.41) is 12.0. The van der Waals surface area contributed by atoms with Gasteiger partial charge in [-0.15, -0.1) is 0 Å². The summed E-state index contributed by atoms with van der Waals surface area (Å²) in [6.45, 7) is 4.14. The molecule has 4 N–H and O–H groups in total. The van der Waals surface area contributed by atoms with Crippen molar-refractivity contribution in [3.63, 3.8) is 0 Å². The zero-order valence-corrected chi connectivity index (χ0v) is 10.5.